The van der Waals surface area contributed by atoms with Crippen molar-refractivity contribution in [2.24, 2.45) is 0 Å². The Kier molecular flexibility index (Phi) is 3.05. The molecule has 4 nitrogen and oxygen atoms in total. The van der Waals surface area contributed by atoms with E-state index in [1.807, 2.05) is 0 Å². The Labute approximate surface area is 97.6 Å². The van der Waals surface area contributed by atoms with Gasteiger partial charge in [0.15, 0.2) is 5.16 Å². The molecule has 1 N–H and O–H groups in total. The lowest BCUT2D eigenvalue weighted by atomic mass is 10.5. The molecule has 0 fully saturated rings. The number of H-pyrrole nitrogens is 1. The van der Waals surface area contributed by atoms with Crippen LogP contribution >= 0.6 is 39.3 Å². The molecule has 2 aromatic rings. The van der Waals surface area contributed by atoms with Gasteiger partial charge in [0.2, 0.25) is 0 Å². The van der Waals surface area contributed by atoms with Gasteiger partial charge in [-0.15, -0.1) is 0 Å². The van der Waals surface area contributed by atoms with Crippen LogP contribution in [0.1, 0.15) is 0 Å². The summed E-state index contributed by atoms with van der Waals surface area (Å²) in [7, 11) is 0. The van der Waals surface area contributed by atoms with E-state index in [1.54, 1.807) is 12.3 Å². The molecule has 0 aliphatic rings. The minimum absolute atomic E-state index is 0.596. The molecule has 0 radical (unpaired) electrons. The average Bonchev–Trinajstić information content (AvgIpc) is 2.62. The van der Waals surface area contributed by atoms with E-state index in [0.717, 1.165) is 9.50 Å². The number of halogens is 2. The molecule has 0 bridgehead atoms. The average molecular weight is 292 g/mol. The van der Waals surface area contributed by atoms with Gasteiger partial charge in [-0.1, -0.05) is 11.6 Å². The molecule has 0 aliphatic carbocycles. The van der Waals surface area contributed by atoms with E-state index in [4.69, 9.17) is 11.6 Å². The van der Waals surface area contributed by atoms with Crippen LogP contribution in [0.15, 0.2) is 33.2 Å². The van der Waals surface area contributed by atoms with Crippen molar-refractivity contribution >= 4 is 39.3 Å². The predicted molar refractivity (Wildman–Crippen MR) is 57.5 cm³/mol. The van der Waals surface area contributed by atoms with Crippen molar-refractivity contribution in [3.8, 4) is 0 Å². The second-order valence-corrected chi connectivity index (χ2v) is 4.60. The summed E-state index contributed by atoms with van der Waals surface area (Å²) in [6, 6.07) is 1.78. The molecule has 72 valence electrons. The molecule has 0 spiro atoms. The SMILES string of the molecule is Clc1cnc(Sc2ncn[nH]2)c(Br)c1. The third-order valence-corrected chi connectivity index (χ3v) is 3.34. The van der Waals surface area contributed by atoms with Gasteiger partial charge in [-0.3, -0.25) is 5.10 Å². The zero-order chi connectivity index (χ0) is 9.97. The lowest BCUT2D eigenvalue weighted by Gasteiger charge is -1.99. The quantitative estimate of drug-likeness (QED) is 0.924. The maximum absolute atomic E-state index is 5.76. The first-order valence-corrected chi connectivity index (χ1v) is 5.59. The highest BCUT2D eigenvalue weighted by Crippen LogP contribution is 2.30. The summed E-state index contributed by atoms with van der Waals surface area (Å²) in [5.41, 5.74) is 0. The van der Waals surface area contributed by atoms with Crippen LogP contribution in [-0.2, 0) is 0 Å². The highest BCUT2D eigenvalue weighted by atomic mass is 79.9. The highest BCUT2D eigenvalue weighted by molar-refractivity contribution is 9.10. The van der Waals surface area contributed by atoms with Crippen LogP contribution in [0.2, 0.25) is 5.02 Å². The summed E-state index contributed by atoms with van der Waals surface area (Å²) in [6.07, 6.45) is 3.04. The Morgan fingerprint density at radius 3 is 2.93 bits per heavy atom. The maximum atomic E-state index is 5.76. The standard InChI is InChI=1S/C7H4BrClN4S/c8-5-1-4(9)2-10-6(5)14-7-11-3-12-13-7/h1-3H,(H,11,12,13). The second-order valence-electron chi connectivity index (χ2n) is 2.33. The van der Waals surface area contributed by atoms with E-state index in [-0.39, 0.29) is 0 Å². The molecule has 0 amide bonds. The Balaban J connectivity index is 2.25. The lowest BCUT2D eigenvalue weighted by molar-refractivity contribution is 0.965. The zero-order valence-corrected chi connectivity index (χ0v) is 9.90. The Morgan fingerprint density at radius 2 is 2.29 bits per heavy atom. The minimum atomic E-state index is 0.596. The van der Waals surface area contributed by atoms with Crippen molar-refractivity contribution in [1.82, 2.24) is 20.2 Å². The summed E-state index contributed by atoms with van der Waals surface area (Å²) >= 11 is 10.5. The van der Waals surface area contributed by atoms with Crippen LogP contribution < -0.4 is 0 Å². The molecule has 2 aromatic heterocycles. The number of aromatic amines is 1. The monoisotopic (exact) mass is 290 g/mol. The first-order valence-electron chi connectivity index (χ1n) is 3.60. The minimum Gasteiger partial charge on any atom is -0.254 e. The highest BCUT2D eigenvalue weighted by Gasteiger charge is 2.06. The fraction of sp³-hybridized carbons (Fsp3) is 0. The lowest BCUT2D eigenvalue weighted by Crippen LogP contribution is -1.83. The van der Waals surface area contributed by atoms with Gasteiger partial charge in [-0.2, -0.15) is 5.10 Å². The smallest absolute Gasteiger partial charge is 0.189 e. The summed E-state index contributed by atoms with van der Waals surface area (Å²) in [6.45, 7) is 0. The van der Waals surface area contributed by atoms with Crippen molar-refractivity contribution in [1.29, 1.82) is 0 Å². The number of pyridine rings is 1. The van der Waals surface area contributed by atoms with Crippen LogP contribution in [0, 0.1) is 0 Å². The van der Waals surface area contributed by atoms with E-state index in [1.165, 1.54) is 18.1 Å². The van der Waals surface area contributed by atoms with Crippen LogP contribution in [0.4, 0.5) is 0 Å². The fourth-order valence-electron chi connectivity index (χ4n) is 0.812. The summed E-state index contributed by atoms with van der Waals surface area (Å²) in [5, 5.41) is 8.56. The van der Waals surface area contributed by atoms with E-state index < -0.39 is 0 Å². The van der Waals surface area contributed by atoms with Crippen molar-refractivity contribution in [2.45, 2.75) is 10.2 Å². The van der Waals surface area contributed by atoms with Crippen LogP contribution in [0.3, 0.4) is 0 Å². The van der Waals surface area contributed by atoms with Gasteiger partial charge in [0.05, 0.1) is 9.50 Å². The van der Waals surface area contributed by atoms with E-state index in [9.17, 15) is 0 Å². The number of nitrogens with one attached hydrogen (secondary N) is 1. The van der Waals surface area contributed by atoms with Crippen LogP contribution in [0.5, 0.6) is 0 Å². The molecule has 2 heterocycles. The van der Waals surface area contributed by atoms with Gasteiger partial charge in [-0.05, 0) is 33.8 Å². The van der Waals surface area contributed by atoms with Gasteiger partial charge in [0.25, 0.3) is 0 Å². The molecular weight excluding hydrogens is 288 g/mol. The number of hydrogen-bond donors (Lipinski definition) is 1. The molecule has 0 saturated heterocycles. The largest absolute Gasteiger partial charge is 0.254 e. The molecule has 14 heavy (non-hydrogen) atoms. The molecule has 0 aromatic carbocycles. The Morgan fingerprint density at radius 1 is 1.43 bits per heavy atom. The summed E-state index contributed by atoms with van der Waals surface area (Å²) < 4.78 is 0.839. The first-order chi connectivity index (χ1) is 6.75. The number of rotatable bonds is 2. The summed E-state index contributed by atoms with van der Waals surface area (Å²) in [5.74, 6) is 0. The maximum Gasteiger partial charge on any atom is 0.189 e. The van der Waals surface area contributed by atoms with Crippen LogP contribution in [-0.4, -0.2) is 20.2 Å². The third-order valence-electron chi connectivity index (χ3n) is 1.36. The molecule has 0 aliphatic heterocycles. The number of aromatic nitrogens is 4. The molecule has 0 saturated carbocycles. The molecule has 7 heteroatoms. The predicted octanol–water partition coefficient (Wildman–Crippen LogP) is 2.77. The second kappa shape index (κ2) is 4.29. The van der Waals surface area contributed by atoms with Crippen molar-refractivity contribution < 1.29 is 0 Å². The molecule has 2 rings (SSSR count). The van der Waals surface area contributed by atoms with Gasteiger partial charge < -0.3 is 0 Å². The van der Waals surface area contributed by atoms with Crippen LogP contribution in [0.25, 0.3) is 0 Å². The first kappa shape index (κ1) is 9.95. The number of hydrogen-bond acceptors (Lipinski definition) is 4. The normalized spacial score (nSPS) is 10.4. The molecular formula is C7H4BrClN4S. The zero-order valence-electron chi connectivity index (χ0n) is 6.74. The van der Waals surface area contributed by atoms with E-state index in [2.05, 4.69) is 36.1 Å². The fourth-order valence-corrected chi connectivity index (χ4v) is 2.34. The van der Waals surface area contributed by atoms with E-state index >= 15 is 0 Å². The van der Waals surface area contributed by atoms with E-state index in [0.29, 0.717) is 10.2 Å². The van der Waals surface area contributed by atoms with Gasteiger partial charge in [0.1, 0.15) is 11.4 Å². The third kappa shape index (κ3) is 2.26. The van der Waals surface area contributed by atoms with Gasteiger partial charge in [0, 0.05) is 6.20 Å². The Hall–Kier alpha value is -0.590. The molecule has 0 atom stereocenters. The van der Waals surface area contributed by atoms with Gasteiger partial charge in [-0.25, -0.2) is 9.97 Å². The van der Waals surface area contributed by atoms with Gasteiger partial charge >= 0.3 is 0 Å². The number of nitrogens with zero attached hydrogens (tertiary/aromatic N) is 3. The van der Waals surface area contributed by atoms with Crippen molar-refractivity contribution in [3.63, 3.8) is 0 Å². The molecule has 0 unspecified atom stereocenters. The van der Waals surface area contributed by atoms with Crippen molar-refractivity contribution in [2.75, 3.05) is 0 Å². The Bertz CT molecular complexity index is 433. The van der Waals surface area contributed by atoms with Crippen molar-refractivity contribution in [3.05, 3.63) is 28.1 Å². The topological polar surface area (TPSA) is 54.5 Å². The summed E-state index contributed by atoms with van der Waals surface area (Å²) in [4.78, 5) is 8.13.